The lowest BCUT2D eigenvalue weighted by Gasteiger charge is -2.25. The van der Waals surface area contributed by atoms with Crippen molar-refractivity contribution in [3.63, 3.8) is 0 Å². The number of alkyl halides is 1. The number of aliphatic hydroxyl groups is 1. The molecule has 0 bridgehead atoms. The minimum absolute atomic E-state index is 0.0181. The van der Waals surface area contributed by atoms with Crippen LogP contribution in [-0.4, -0.2) is 43.6 Å². The van der Waals surface area contributed by atoms with Crippen molar-refractivity contribution in [1.82, 2.24) is 4.72 Å². The van der Waals surface area contributed by atoms with E-state index in [-0.39, 0.29) is 21.7 Å². The number of benzene rings is 1. The summed E-state index contributed by atoms with van der Waals surface area (Å²) in [7, 11) is -2.21. The fourth-order valence-electron chi connectivity index (χ4n) is 3.77. The van der Waals surface area contributed by atoms with Crippen molar-refractivity contribution in [2.24, 2.45) is 0 Å². The van der Waals surface area contributed by atoms with Crippen LogP contribution in [0.25, 0.3) is 0 Å². The van der Waals surface area contributed by atoms with E-state index in [2.05, 4.69) is 32.3 Å². The van der Waals surface area contributed by atoms with Crippen molar-refractivity contribution >= 4 is 31.9 Å². The van der Waals surface area contributed by atoms with Crippen LogP contribution in [0.5, 0.6) is 0 Å². The van der Waals surface area contributed by atoms with Crippen LogP contribution in [0.1, 0.15) is 90.4 Å². The quantitative estimate of drug-likeness (QED) is 0.131. The largest absolute Gasteiger partial charge is 0.469 e. The molecule has 0 saturated heterocycles. The molecule has 0 fully saturated rings. The Morgan fingerprint density at radius 1 is 0.970 bits per heavy atom. The first-order chi connectivity index (χ1) is 15.8. The van der Waals surface area contributed by atoms with Crippen LogP contribution in [0.3, 0.4) is 0 Å². The first-order valence-corrected chi connectivity index (χ1v) is 14.7. The first kappa shape index (κ1) is 30.1. The summed E-state index contributed by atoms with van der Waals surface area (Å²) in [5.74, 6) is -0.164. The highest BCUT2D eigenvalue weighted by atomic mass is 79.9. The fraction of sp³-hybridized carbons (Fsp3) is 0.720. The van der Waals surface area contributed by atoms with E-state index in [1.54, 1.807) is 30.3 Å². The lowest BCUT2D eigenvalue weighted by Crippen LogP contribution is -2.41. The van der Waals surface area contributed by atoms with E-state index in [1.165, 1.54) is 7.11 Å². The second-order valence-corrected chi connectivity index (χ2v) is 11.6. The van der Waals surface area contributed by atoms with Crippen LogP contribution in [0.4, 0.5) is 0 Å². The van der Waals surface area contributed by atoms with Crippen molar-refractivity contribution in [2.75, 3.05) is 7.11 Å². The van der Waals surface area contributed by atoms with Gasteiger partial charge in [0.2, 0.25) is 10.0 Å². The summed E-state index contributed by atoms with van der Waals surface area (Å²) in [4.78, 5) is 11.4. The maximum Gasteiger partial charge on any atom is 0.305 e. The van der Waals surface area contributed by atoms with Gasteiger partial charge in [0.1, 0.15) is 0 Å². The summed E-state index contributed by atoms with van der Waals surface area (Å²) in [6.07, 6.45) is 10.8. The van der Waals surface area contributed by atoms with E-state index in [9.17, 15) is 18.3 Å². The molecule has 3 atom stereocenters. The van der Waals surface area contributed by atoms with E-state index in [4.69, 9.17) is 0 Å². The molecule has 0 saturated carbocycles. The molecule has 0 aliphatic heterocycles. The van der Waals surface area contributed by atoms with Crippen molar-refractivity contribution in [1.29, 1.82) is 0 Å². The number of sulfonamides is 1. The number of esters is 1. The maximum absolute atomic E-state index is 12.9. The Morgan fingerprint density at radius 2 is 1.61 bits per heavy atom. The lowest BCUT2D eigenvalue weighted by atomic mass is 9.99. The van der Waals surface area contributed by atoms with E-state index < -0.39 is 16.1 Å². The van der Waals surface area contributed by atoms with E-state index >= 15 is 0 Å². The van der Waals surface area contributed by atoms with Gasteiger partial charge in [-0.25, -0.2) is 13.1 Å². The fourth-order valence-corrected chi connectivity index (χ4v) is 6.00. The molecule has 0 aliphatic carbocycles. The smallest absolute Gasteiger partial charge is 0.305 e. The van der Waals surface area contributed by atoms with Gasteiger partial charge in [0.25, 0.3) is 0 Å². The first-order valence-electron chi connectivity index (χ1n) is 12.3. The number of halogens is 1. The summed E-state index contributed by atoms with van der Waals surface area (Å²) < 4.78 is 33.2. The average molecular weight is 549 g/mol. The zero-order chi connectivity index (χ0) is 24.5. The van der Waals surface area contributed by atoms with Gasteiger partial charge in [-0.3, -0.25) is 4.79 Å². The van der Waals surface area contributed by atoms with Gasteiger partial charge < -0.3 is 9.84 Å². The van der Waals surface area contributed by atoms with Gasteiger partial charge >= 0.3 is 5.97 Å². The Balaban J connectivity index is 2.48. The Morgan fingerprint density at radius 3 is 2.27 bits per heavy atom. The molecule has 190 valence electrons. The van der Waals surface area contributed by atoms with Crippen molar-refractivity contribution in [3.8, 4) is 0 Å². The molecular formula is C25H42BrNO5S. The predicted molar refractivity (Wildman–Crippen MR) is 137 cm³/mol. The number of hydrogen-bond acceptors (Lipinski definition) is 5. The van der Waals surface area contributed by atoms with Gasteiger partial charge in [-0.05, 0) is 44.2 Å². The standard InChI is InChI=1S/C25H42BrNO5S/c1-3-4-9-17-23(26)24(27-33(30,31)22-15-11-8-12-16-22)20-19-21(28)14-10-6-5-7-13-18-25(29)32-2/h8,11-12,15-16,21,23-24,27-28H,3-7,9-10,13-14,17-20H2,1-2H3. The Labute approximate surface area is 209 Å². The highest BCUT2D eigenvalue weighted by Crippen LogP contribution is 2.22. The third-order valence-electron chi connectivity index (χ3n) is 5.84. The van der Waals surface area contributed by atoms with Crippen LogP contribution in [0.15, 0.2) is 35.2 Å². The molecule has 6 nitrogen and oxygen atoms in total. The number of ether oxygens (including phenoxy) is 1. The molecule has 1 rings (SSSR count). The third-order valence-corrected chi connectivity index (χ3v) is 8.44. The minimum atomic E-state index is -3.62. The molecule has 0 aromatic heterocycles. The summed E-state index contributed by atoms with van der Waals surface area (Å²) >= 11 is 3.71. The van der Waals surface area contributed by atoms with E-state index in [0.29, 0.717) is 25.7 Å². The second kappa shape index (κ2) is 17.5. The SMILES string of the molecule is CCCCCC(Br)C(CCC(O)CCCCCCCC(=O)OC)NS(=O)(=O)c1ccccc1. The average Bonchev–Trinajstić information content (AvgIpc) is 2.81. The molecule has 0 heterocycles. The van der Waals surface area contributed by atoms with Crippen molar-refractivity contribution in [2.45, 2.75) is 112 Å². The summed E-state index contributed by atoms with van der Waals surface area (Å²) in [5, 5.41) is 10.5. The normalized spacial score (nSPS) is 14.5. The lowest BCUT2D eigenvalue weighted by molar-refractivity contribution is -0.140. The topological polar surface area (TPSA) is 92.7 Å². The number of carbonyl (C=O) groups excluding carboxylic acids is 1. The van der Waals surface area contributed by atoms with Gasteiger partial charge in [-0.1, -0.05) is 86.0 Å². The molecule has 8 heteroatoms. The summed E-state index contributed by atoms with van der Waals surface area (Å²) in [6.45, 7) is 2.15. The van der Waals surface area contributed by atoms with Crippen LogP contribution >= 0.6 is 15.9 Å². The Kier molecular flexibility index (Phi) is 15.9. The molecule has 0 amide bonds. The molecule has 0 aliphatic rings. The minimum Gasteiger partial charge on any atom is -0.469 e. The van der Waals surface area contributed by atoms with Gasteiger partial charge in [0, 0.05) is 17.3 Å². The van der Waals surface area contributed by atoms with Crippen molar-refractivity contribution < 1.29 is 23.1 Å². The Bertz CT molecular complexity index is 744. The molecule has 3 unspecified atom stereocenters. The van der Waals surface area contributed by atoms with Crippen molar-refractivity contribution in [3.05, 3.63) is 30.3 Å². The molecule has 0 radical (unpaired) electrons. The number of rotatable bonds is 19. The van der Waals surface area contributed by atoms with Crippen LogP contribution in [0.2, 0.25) is 0 Å². The number of aliphatic hydroxyl groups excluding tert-OH is 1. The monoisotopic (exact) mass is 547 g/mol. The number of carbonyl (C=O) groups is 1. The number of methoxy groups -OCH3 is 1. The van der Waals surface area contributed by atoms with Crippen LogP contribution < -0.4 is 4.72 Å². The summed E-state index contributed by atoms with van der Waals surface area (Å²) in [5.41, 5.74) is 0. The predicted octanol–water partition coefficient (Wildman–Crippen LogP) is 5.72. The second-order valence-electron chi connectivity index (χ2n) is 8.67. The molecule has 1 aromatic rings. The Hall–Kier alpha value is -0.960. The number of hydrogen-bond donors (Lipinski definition) is 2. The van der Waals surface area contributed by atoms with Gasteiger partial charge in [-0.2, -0.15) is 0 Å². The highest BCUT2D eigenvalue weighted by molar-refractivity contribution is 9.09. The zero-order valence-corrected chi connectivity index (χ0v) is 22.6. The zero-order valence-electron chi connectivity index (χ0n) is 20.2. The van der Waals surface area contributed by atoms with Crippen LogP contribution in [0, 0.1) is 0 Å². The molecule has 0 spiro atoms. The highest BCUT2D eigenvalue weighted by Gasteiger charge is 2.26. The van der Waals surface area contributed by atoms with E-state index in [1.807, 2.05) is 0 Å². The molecule has 33 heavy (non-hydrogen) atoms. The van der Waals surface area contributed by atoms with Crippen LogP contribution in [-0.2, 0) is 19.6 Å². The molecule has 1 aromatic carbocycles. The third kappa shape index (κ3) is 13.5. The van der Waals surface area contributed by atoms with Gasteiger partial charge in [-0.15, -0.1) is 0 Å². The number of nitrogens with one attached hydrogen (secondary N) is 1. The maximum atomic E-state index is 12.9. The number of unbranched alkanes of at least 4 members (excludes halogenated alkanes) is 6. The summed E-state index contributed by atoms with van der Waals surface area (Å²) in [6, 6.07) is 8.15. The van der Waals surface area contributed by atoms with Gasteiger partial charge in [0.05, 0.1) is 18.1 Å². The van der Waals surface area contributed by atoms with E-state index in [0.717, 1.165) is 57.8 Å². The molecule has 2 N–H and O–H groups in total. The molecular weight excluding hydrogens is 506 g/mol. The van der Waals surface area contributed by atoms with Gasteiger partial charge in [0.15, 0.2) is 0 Å².